The van der Waals surface area contributed by atoms with Crippen molar-refractivity contribution in [2.45, 2.75) is 39.0 Å². The predicted octanol–water partition coefficient (Wildman–Crippen LogP) is -0.312. The number of fused-ring (bicyclic) bond motifs is 1. The van der Waals surface area contributed by atoms with Crippen LogP contribution in [0, 0.1) is 0 Å². The number of thiophene rings is 1. The molecular weight excluding hydrogens is 382 g/mol. The number of rotatable bonds is 8. The summed E-state index contributed by atoms with van der Waals surface area (Å²) >= 11 is 1.91. The van der Waals surface area contributed by atoms with E-state index < -0.39 is 0 Å². The van der Waals surface area contributed by atoms with Crippen molar-refractivity contribution in [1.82, 2.24) is 0 Å². The zero-order valence-electron chi connectivity index (χ0n) is 18.0. The monoisotopic (exact) mass is 418 g/mol. The second kappa shape index (κ2) is 9.47. The fourth-order valence-electron chi connectivity index (χ4n) is 4.66. The number of quaternary nitrogens is 3. The van der Waals surface area contributed by atoms with E-state index in [9.17, 15) is 0 Å². The Morgan fingerprint density at radius 2 is 2.10 bits per heavy atom. The second-order valence-electron chi connectivity index (χ2n) is 8.55. The van der Waals surface area contributed by atoms with Gasteiger partial charge >= 0.3 is 0 Å². The van der Waals surface area contributed by atoms with Gasteiger partial charge in [-0.2, -0.15) is 0 Å². The van der Waals surface area contributed by atoms with E-state index in [-0.39, 0.29) is 6.10 Å². The predicted molar refractivity (Wildman–Crippen MR) is 116 cm³/mol. The summed E-state index contributed by atoms with van der Waals surface area (Å²) in [6.07, 6.45) is 1.25. The molecule has 6 heteroatoms. The summed E-state index contributed by atoms with van der Waals surface area (Å²) < 4.78 is 12.0. The molecule has 0 amide bonds. The van der Waals surface area contributed by atoms with E-state index in [0.29, 0.717) is 12.6 Å². The normalized spacial score (nSPS) is 24.7. The first kappa shape index (κ1) is 20.7. The molecule has 1 aromatic carbocycles. The van der Waals surface area contributed by atoms with Gasteiger partial charge in [0.2, 0.25) is 0 Å². The van der Waals surface area contributed by atoms with Crippen LogP contribution in [-0.2, 0) is 13.0 Å². The molecule has 1 fully saturated rings. The molecule has 0 saturated carbocycles. The molecule has 29 heavy (non-hydrogen) atoms. The molecule has 5 nitrogen and oxygen atoms in total. The van der Waals surface area contributed by atoms with Gasteiger partial charge < -0.3 is 24.6 Å². The van der Waals surface area contributed by atoms with Gasteiger partial charge in [0.05, 0.1) is 24.1 Å². The van der Waals surface area contributed by atoms with Crippen LogP contribution in [0.2, 0.25) is 0 Å². The van der Waals surface area contributed by atoms with Gasteiger partial charge in [0.25, 0.3) is 0 Å². The van der Waals surface area contributed by atoms with Crippen LogP contribution in [-0.4, -0.2) is 52.5 Å². The van der Waals surface area contributed by atoms with Gasteiger partial charge in [0.15, 0.2) is 6.04 Å². The van der Waals surface area contributed by atoms with Gasteiger partial charge in [0.1, 0.15) is 56.9 Å². The van der Waals surface area contributed by atoms with Crippen LogP contribution in [0.1, 0.15) is 35.9 Å². The molecule has 158 valence electrons. The van der Waals surface area contributed by atoms with Crippen LogP contribution in [0.5, 0.6) is 11.5 Å². The van der Waals surface area contributed by atoms with E-state index in [1.54, 1.807) is 9.80 Å². The Hall–Kier alpha value is -1.60. The van der Waals surface area contributed by atoms with Crippen molar-refractivity contribution < 1.29 is 24.6 Å². The van der Waals surface area contributed by atoms with Crippen molar-refractivity contribution in [3.8, 4) is 11.5 Å². The third-order valence-corrected chi connectivity index (χ3v) is 7.26. The molecule has 3 heterocycles. The number of piperazine rings is 1. The number of hydrogen-bond donors (Lipinski definition) is 3. The van der Waals surface area contributed by atoms with Gasteiger partial charge in [-0.05, 0) is 37.4 Å². The summed E-state index contributed by atoms with van der Waals surface area (Å²) in [7, 11) is 2.31. The lowest BCUT2D eigenvalue weighted by Gasteiger charge is -2.32. The standard InChI is InChI=1S/C23H33N3O2S/c1-4-27-21-13-18-12-17(2)28-22(18)14-19(21)15-24-16-20(23-6-5-11-29-23)26-9-7-25(3)8-10-26/h5-6,11,13-14,17,20,24H,4,7-10,12,15-16H2,1-3H3/p+3/t17-,20-/m0/s1. The molecule has 1 saturated heterocycles. The minimum atomic E-state index is 0.268. The summed E-state index contributed by atoms with van der Waals surface area (Å²) in [6.45, 7) is 12.0. The van der Waals surface area contributed by atoms with Crippen LogP contribution < -0.4 is 24.6 Å². The Labute approximate surface area is 178 Å². The van der Waals surface area contributed by atoms with Gasteiger partial charge in [-0.1, -0.05) is 6.07 Å². The zero-order valence-corrected chi connectivity index (χ0v) is 18.8. The summed E-state index contributed by atoms with van der Waals surface area (Å²) in [5.74, 6) is 2.08. The molecule has 0 unspecified atom stereocenters. The van der Waals surface area contributed by atoms with Crippen molar-refractivity contribution >= 4 is 11.3 Å². The lowest BCUT2D eigenvalue weighted by molar-refractivity contribution is -1.02. The molecule has 0 radical (unpaired) electrons. The van der Waals surface area contributed by atoms with E-state index in [1.165, 1.54) is 42.2 Å². The molecular formula is C23H36N3O2S+3. The highest BCUT2D eigenvalue weighted by Crippen LogP contribution is 2.34. The molecule has 0 bridgehead atoms. The van der Waals surface area contributed by atoms with E-state index >= 15 is 0 Å². The summed E-state index contributed by atoms with van der Waals surface area (Å²) in [5.41, 5.74) is 2.54. The average Bonchev–Trinajstić information content (AvgIpc) is 3.35. The smallest absolute Gasteiger partial charge is 0.172 e. The maximum Gasteiger partial charge on any atom is 0.172 e. The average molecular weight is 419 g/mol. The molecule has 2 aromatic rings. The topological polar surface area (TPSA) is 44.0 Å². The SMILES string of the molecule is CCOc1cc2c(cc1C[NH2+]C[C@@H](c1cccs1)[NH+]1CC[NH+](C)CC1)O[C@@H](C)C2. The fraction of sp³-hybridized carbons (Fsp3) is 0.565. The highest BCUT2D eigenvalue weighted by molar-refractivity contribution is 7.10. The summed E-state index contributed by atoms with van der Waals surface area (Å²) in [6, 6.07) is 9.50. The molecule has 2 aliphatic heterocycles. The minimum Gasteiger partial charge on any atom is -0.493 e. The number of nitrogens with one attached hydrogen (secondary N) is 2. The van der Waals surface area contributed by atoms with Crippen LogP contribution >= 0.6 is 11.3 Å². The summed E-state index contributed by atoms with van der Waals surface area (Å²) in [4.78, 5) is 4.92. The van der Waals surface area contributed by atoms with Gasteiger partial charge in [-0.25, -0.2) is 0 Å². The number of likely N-dealkylation sites (N-methyl/N-ethyl adjacent to an activating group) is 1. The van der Waals surface area contributed by atoms with Crippen LogP contribution in [0.25, 0.3) is 0 Å². The lowest BCUT2D eigenvalue weighted by atomic mass is 10.1. The number of benzene rings is 1. The Morgan fingerprint density at radius 3 is 2.83 bits per heavy atom. The van der Waals surface area contributed by atoms with E-state index in [2.05, 4.69) is 55.9 Å². The molecule has 4 N–H and O–H groups in total. The van der Waals surface area contributed by atoms with Crippen LogP contribution in [0.15, 0.2) is 29.6 Å². The molecule has 0 spiro atoms. The molecule has 2 atom stereocenters. The third kappa shape index (κ3) is 4.94. The Morgan fingerprint density at radius 1 is 1.28 bits per heavy atom. The van der Waals surface area contributed by atoms with Gasteiger partial charge in [0, 0.05) is 12.0 Å². The number of hydrogen-bond acceptors (Lipinski definition) is 3. The van der Waals surface area contributed by atoms with Crippen molar-refractivity contribution in [2.24, 2.45) is 0 Å². The molecule has 2 aliphatic rings. The Bertz CT molecular complexity index is 788. The van der Waals surface area contributed by atoms with Crippen molar-refractivity contribution in [3.63, 3.8) is 0 Å². The first-order valence-electron chi connectivity index (χ1n) is 11.1. The molecule has 4 rings (SSSR count). The highest BCUT2D eigenvalue weighted by Gasteiger charge is 2.31. The van der Waals surface area contributed by atoms with E-state index in [4.69, 9.17) is 9.47 Å². The minimum absolute atomic E-state index is 0.268. The van der Waals surface area contributed by atoms with Gasteiger partial charge in [-0.3, -0.25) is 0 Å². The number of ether oxygens (including phenoxy) is 2. The Balaban J connectivity index is 1.44. The van der Waals surface area contributed by atoms with Crippen molar-refractivity contribution in [1.29, 1.82) is 0 Å². The summed E-state index contributed by atoms with van der Waals surface area (Å²) in [5, 5.41) is 4.68. The number of nitrogens with two attached hydrogens (primary N) is 1. The molecule has 0 aliphatic carbocycles. The maximum absolute atomic E-state index is 6.00. The lowest BCUT2D eigenvalue weighted by Crippen LogP contribution is -3.27. The Kier molecular flexibility index (Phi) is 6.75. The quantitative estimate of drug-likeness (QED) is 0.551. The van der Waals surface area contributed by atoms with Gasteiger partial charge in [-0.15, -0.1) is 11.3 Å². The first-order chi connectivity index (χ1) is 14.1. The molecule has 1 aromatic heterocycles. The van der Waals surface area contributed by atoms with Crippen molar-refractivity contribution in [2.75, 3.05) is 46.4 Å². The maximum atomic E-state index is 6.00. The van der Waals surface area contributed by atoms with Crippen LogP contribution in [0.4, 0.5) is 0 Å². The van der Waals surface area contributed by atoms with Crippen molar-refractivity contribution in [3.05, 3.63) is 45.6 Å². The largest absolute Gasteiger partial charge is 0.493 e. The second-order valence-corrected chi connectivity index (χ2v) is 9.52. The van der Waals surface area contributed by atoms with E-state index in [1.807, 2.05) is 11.3 Å². The third-order valence-electron chi connectivity index (χ3n) is 6.27. The highest BCUT2D eigenvalue weighted by atomic mass is 32.1. The van der Waals surface area contributed by atoms with E-state index in [0.717, 1.165) is 31.0 Å². The zero-order chi connectivity index (χ0) is 20.2. The fourth-order valence-corrected chi connectivity index (χ4v) is 5.55. The van der Waals surface area contributed by atoms with Crippen LogP contribution in [0.3, 0.4) is 0 Å². The first-order valence-corrected chi connectivity index (χ1v) is 12.0.